The maximum atomic E-state index is 14.6. The van der Waals surface area contributed by atoms with Gasteiger partial charge in [0.05, 0.1) is 49.7 Å². The maximum absolute atomic E-state index is 14.6. The topological polar surface area (TPSA) is 186 Å². The molecule has 2 amide bonds. The second kappa shape index (κ2) is 20.5. The van der Waals surface area contributed by atoms with Crippen LogP contribution in [0.3, 0.4) is 0 Å². The molecule has 4 unspecified atom stereocenters. The molecule has 4 aromatic carbocycles. The van der Waals surface area contributed by atoms with E-state index in [1.54, 1.807) is 86.6 Å². The number of para-hydroxylation sites is 2. The van der Waals surface area contributed by atoms with E-state index in [1.165, 1.54) is 9.80 Å². The number of benzene rings is 4. The highest BCUT2D eigenvalue weighted by Gasteiger charge is 2.65. The lowest BCUT2D eigenvalue weighted by atomic mass is 9.55. The molecule has 0 bridgehead atoms. The number of amides is 2. The van der Waals surface area contributed by atoms with E-state index in [0.717, 1.165) is 0 Å². The highest BCUT2D eigenvalue weighted by atomic mass is 16.5. The average molecular weight is 795 g/mol. The van der Waals surface area contributed by atoms with Crippen molar-refractivity contribution in [3.63, 3.8) is 0 Å². The van der Waals surface area contributed by atoms with Crippen LogP contribution in [0.2, 0.25) is 0 Å². The Morgan fingerprint density at radius 3 is 1.12 bits per heavy atom. The van der Waals surface area contributed by atoms with Crippen molar-refractivity contribution in [2.45, 2.75) is 39.8 Å². The van der Waals surface area contributed by atoms with Crippen molar-refractivity contribution in [2.75, 3.05) is 26.3 Å². The Hall–Kier alpha value is -6.70. The van der Waals surface area contributed by atoms with Crippen LogP contribution in [0.4, 0.5) is 0 Å². The fourth-order valence-electron chi connectivity index (χ4n) is 6.87. The molecule has 0 spiro atoms. The summed E-state index contributed by atoms with van der Waals surface area (Å²) in [6, 6.07) is 31.7. The molecule has 1 aliphatic rings. The van der Waals surface area contributed by atoms with Crippen LogP contribution in [-0.4, -0.2) is 82.0 Å². The molecule has 5 rings (SSSR count). The molecule has 0 aromatic heterocycles. The smallest absolute Gasteiger partial charge is 0.308 e. The van der Waals surface area contributed by atoms with E-state index in [2.05, 4.69) is 0 Å². The monoisotopic (exact) mass is 794 g/mol. The summed E-state index contributed by atoms with van der Waals surface area (Å²) < 4.78 is 21.9. The van der Waals surface area contributed by atoms with E-state index in [9.17, 15) is 39.0 Å². The lowest BCUT2D eigenvalue weighted by molar-refractivity contribution is -0.188. The zero-order valence-electron chi connectivity index (χ0n) is 32.2. The number of aliphatic carboxylic acids is 2. The molecule has 0 radical (unpaired) electrons. The van der Waals surface area contributed by atoms with Crippen LogP contribution in [0.1, 0.15) is 37.8 Å². The normalized spacial score (nSPS) is 16.9. The minimum absolute atomic E-state index is 0.0979. The lowest BCUT2D eigenvalue weighted by Crippen LogP contribution is -2.64. The van der Waals surface area contributed by atoms with E-state index in [4.69, 9.17) is 18.9 Å². The van der Waals surface area contributed by atoms with Gasteiger partial charge in [0.25, 0.3) is 0 Å². The van der Waals surface area contributed by atoms with Crippen molar-refractivity contribution in [2.24, 2.45) is 23.7 Å². The summed E-state index contributed by atoms with van der Waals surface area (Å²) in [7, 11) is 0. The molecule has 1 fully saturated rings. The Labute approximate surface area is 335 Å². The third-order valence-corrected chi connectivity index (χ3v) is 9.65. The lowest BCUT2D eigenvalue weighted by Gasteiger charge is -2.48. The first kappa shape index (κ1) is 42.4. The SMILES string of the molecule is CCOC(=O)CCN(Cc1ccc(Oc2ccccc2)cc1)C(=O)C1C(C(=O)O)C(C(=O)O)C1C(=O)N(CCC(=O)OCC)Cc1ccc(Oc2ccccc2)cc1. The van der Waals surface area contributed by atoms with Crippen LogP contribution in [0.5, 0.6) is 23.0 Å². The standard InChI is InChI=1S/C44H46N2O12/c1-3-55-35(47)23-25-45(27-29-15-19-33(20-16-29)57-31-11-7-5-8-12-31)41(49)37-38(40(44(53)54)39(37)43(51)52)42(50)46(26-24-36(48)56-4-2)28-30-17-21-34(22-18-30)58-32-13-9-6-10-14-32/h5-22,37-40H,3-4,23-28H2,1-2H3,(H,51,52)(H,53,54). The van der Waals surface area contributed by atoms with Crippen molar-refractivity contribution >= 4 is 35.7 Å². The fraction of sp³-hybridized carbons (Fsp3) is 0.318. The Balaban J connectivity index is 1.43. The zero-order chi connectivity index (χ0) is 41.6. The van der Waals surface area contributed by atoms with Gasteiger partial charge in [-0.1, -0.05) is 60.7 Å². The number of hydrogen-bond donors (Lipinski definition) is 2. The molecule has 4 aromatic rings. The molecule has 2 N–H and O–H groups in total. The van der Waals surface area contributed by atoms with E-state index in [-0.39, 0.29) is 52.2 Å². The van der Waals surface area contributed by atoms with Gasteiger partial charge in [-0.3, -0.25) is 28.8 Å². The summed E-state index contributed by atoms with van der Waals surface area (Å²) >= 11 is 0. The molecular formula is C44H46N2O12. The van der Waals surface area contributed by atoms with E-state index < -0.39 is 59.4 Å². The number of nitrogens with zero attached hydrogens (tertiary/aromatic N) is 2. The van der Waals surface area contributed by atoms with Gasteiger partial charge in [-0.25, -0.2) is 0 Å². The Morgan fingerprint density at radius 2 is 0.810 bits per heavy atom. The summed E-state index contributed by atoms with van der Waals surface area (Å²) in [5.74, 6) is -10.4. The second-order valence-corrected chi connectivity index (χ2v) is 13.5. The molecule has 14 heteroatoms. The van der Waals surface area contributed by atoms with Gasteiger partial charge < -0.3 is 39.0 Å². The van der Waals surface area contributed by atoms with Crippen LogP contribution in [0.25, 0.3) is 0 Å². The van der Waals surface area contributed by atoms with Crippen LogP contribution in [-0.2, 0) is 51.3 Å². The molecule has 304 valence electrons. The number of carbonyl (C=O) groups is 6. The minimum atomic E-state index is -1.76. The minimum Gasteiger partial charge on any atom is -0.481 e. The van der Waals surface area contributed by atoms with E-state index in [1.807, 2.05) is 36.4 Å². The van der Waals surface area contributed by atoms with Gasteiger partial charge in [0.15, 0.2) is 0 Å². The summed E-state index contributed by atoms with van der Waals surface area (Å²) in [5.41, 5.74) is 1.19. The van der Waals surface area contributed by atoms with Crippen LogP contribution in [0.15, 0.2) is 109 Å². The molecule has 0 aliphatic heterocycles. The van der Waals surface area contributed by atoms with Crippen LogP contribution < -0.4 is 9.47 Å². The molecule has 1 saturated carbocycles. The number of carbonyl (C=O) groups excluding carboxylic acids is 4. The van der Waals surface area contributed by atoms with Gasteiger partial charge >= 0.3 is 23.9 Å². The van der Waals surface area contributed by atoms with Crippen LogP contribution in [0, 0.1) is 23.7 Å². The van der Waals surface area contributed by atoms with Crippen molar-refractivity contribution in [1.29, 1.82) is 0 Å². The molecule has 1 aliphatic carbocycles. The van der Waals surface area contributed by atoms with Gasteiger partial charge in [-0.05, 0) is 73.5 Å². The number of carboxylic acid groups (broad SMARTS) is 2. The zero-order valence-corrected chi connectivity index (χ0v) is 32.2. The number of hydrogen-bond acceptors (Lipinski definition) is 10. The van der Waals surface area contributed by atoms with Crippen molar-refractivity contribution in [3.8, 4) is 23.0 Å². The van der Waals surface area contributed by atoms with E-state index >= 15 is 0 Å². The second-order valence-electron chi connectivity index (χ2n) is 13.5. The first-order valence-corrected chi connectivity index (χ1v) is 19.0. The van der Waals surface area contributed by atoms with Gasteiger partial charge in [-0.15, -0.1) is 0 Å². The number of ether oxygens (including phenoxy) is 4. The molecule has 14 nitrogen and oxygen atoms in total. The first-order chi connectivity index (χ1) is 28.0. The van der Waals surface area contributed by atoms with Gasteiger partial charge in [0.1, 0.15) is 23.0 Å². The molecule has 4 atom stereocenters. The number of esters is 2. The molecular weight excluding hydrogens is 748 g/mol. The highest BCUT2D eigenvalue weighted by Crippen LogP contribution is 2.49. The Bertz CT molecular complexity index is 1880. The largest absolute Gasteiger partial charge is 0.481 e. The quantitative estimate of drug-likeness (QED) is 0.0970. The van der Waals surface area contributed by atoms with Crippen molar-refractivity contribution in [3.05, 3.63) is 120 Å². The third kappa shape index (κ3) is 11.2. The molecule has 58 heavy (non-hydrogen) atoms. The van der Waals surface area contributed by atoms with Crippen molar-refractivity contribution < 1.29 is 57.9 Å². The number of carboxylic acids is 2. The summed E-state index contributed by atoms with van der Waals surface area (Å²) in [6.45, 7) is 2.85. The predicted octanol–water partition coefficient (Wildman–Crippen LogP) is 6.18. The summed E-state index contributed by atoms with van der Waals surface area (Å²) in [6.07, 6.45) is -0.480. The first-order valence-electron chi connectivity index (χ1n) is 19.0. The number of rotatable bonds is 20. The average Bonchev–Trinajstić information content (AvgIpc) is 3.19. The summed E-state index contributed by atoms with van der Waals surface area (Å²) in [4.78, 5) is 81.9. The molecule has 0 heterocycles. The summed E-state index contributed by atoms with van der Waals surface area (Å²) in [5, 5.41) is 20.6. The van der Waals surface area contributed by atoms with E-state index in [0.29, 0.717) is 34.1 Å². The Kier molecular flexibility index (Phi) is 15.0. The fourth-order valence-corrected chi connectivity index (χ4v) is 6.87. The Morgan fingerprint density at radius 1 is 0.483 bits per heavy atom. The van der Waals surface area contributed by atoms with Gasteiger partial charge in [-0.2, -0.15) is 0 Å². The van der Waals surface area contributed by atoms with Crippen LogP contribution >= 0.6 is 0 Å². The maximum Gasteiger partial charge on any atom is 0.308 e. The molecule has 0 saturated heterocycles. The third-order valence-electron chi connectivity index (χ3n) is 9.65. The predicted molar refractivity (Wildman–Crippen MR) is 208 cm³/mol. The van der Waals surface area contributed by atoms with Crippen molar-refractivity contribution in [1.82, 2.24) is 9.80 Å². The van der Waals surface area contributed by atoms with Gasteiger partial charge in [0.2, 0.25) is 11.8 Å². The highest BCUT2D eigenvalue weighted by molar-refractivity contribution is 6.00. The van der Waals surface area contributed by atoms with Gasteiger partial charge in [0, 0.05) is 26.2 Å².